The molecule has 6 rings (SSSR count). The van der Waals surface area contributed by atoms with Crippen LogP contribution in [0, 0.1) is 0 Å². The Kier molecular flexibility index (Phi) is 7.81. The molecule has 2 aliphatic rings. The van der Waals surface area contributed by atoms with Crippen molar-refractivity contribution in [1.29, 1.82) is 0 Å². The second-order valence-electron chi connectivity index (χ2n) is 9.49. The highest BCUT2D eigenvalue weighted by molar-refractivity contribution is 7.07. The molecule has 42 heavy (non-hydrogen) atoms. The molecular weight excluding hydrogens is 599 g/mol. The van der Waals surface area contributed by atoms with Gasteiger partial charge in [0.05, 0.1) is 39.0 Å². The van der Waals surface area contributed by atoms with E-state index in [1.807, 2.05) is 55.5 Å². The maximum Gasteiger partial charge on any atom is 0.338 e. The van der Waals surface area contributed by atoms with Gasteiger partial charge in [0.15, 0.2) is 22.0 Å². The predicted octanol–water partition coefficient (Wildman–Crippen LogP) is 5.41. The zero-order chi connectivity index (χ0) is 29.4. The lowest BCUT2D eigenvalue weighted by Gasteiger charge is -2.25. The van der Waals surface area contributed by atoms with Gasteiger partial charge in [0.25, 0.3) is 5.56 Å². The van der Waals surface area contributed by atoms with E-state index in [4.69, 9.17) is 42.1 Å². The van der Waals surface area contributed by atoms with Gasteiger partial charge in [0.1, 0.15) is 6.61 Å². The van der Waals surface area contributed by atoms with Crippen LogP contribution in [0.2, 0.25) is 10.0 Å². The Labute approximate surface area is 254 Å². The number of benzene rings is 3. The molecule has 3 heterocycles. The number of hydrogen-bond acceptors (Lipinski definition) is 8. The Morgan fingerprint density at radius 3 is 2.55 bits per heavy atom. The Hall–Kier alpha value is -4.05. The summed E-state index contributed by atoms with van der Waals surface area (Å²) in [5.74, 6) is 1.15. The fraction of sp³-hybridized carbons (Fsp3) is 0.194. The highest BCUT2D eigenvalue weighted by Gasteiger charge is 2.33. The Morgan fingerprint density at radius 1 is 1.10 bits per heavy atom. The number of carbonyl (C=O) groups is 1. The van der Waals surface area contributed by atoms with Gasteiger partial charge in [-0.25, -0.2) is 9.79 Å². The fourth-order valence-electron chi connectivity index (χ4n) is 4.95. The Balaban J connectivity index is 1.36. The lowest BCUT2D eigenvalue weighted by atomic mass is 9.95. The summed E-state index contributed by atoms with van der Waals surface area (Å²) in [6, 6.07) is 17.6. The van der Waals surface area contributed by atoms with Crippen molar-refractivity contribution in [1.82, 2.24) is 4.57 Å². The molecule has 214 valence electrons. The molecule has 0 unspecified atom stereocenters. The molecule has 2 aliphatic heterocycles. The SMILES string of the molecule is CCC1=C(C(=O)OC)[C@@H](c2ccccc2)n2c(s/c(=C\c3cc(Cl)c(OCc4ccc5c(c4)OCO5)c(Cl)c3)c2=O)=N1. The zero-order valence-electron chi connectivity index (χ0n) is 22.6. The quantitative estimate of drug-likeness (QED) is 0.256. The fourth-order valence-corrected chi connectivity index (χ4v) is 6.59. The van der Waals surface area contributed by atoms with Gasteiger partial charge in [0, 0.05) is 0 Å². The molecule has 1 atom stereocenters. The summed E-state index contributed by atoms with van der Waals surface area (Å²) in [6.45, 7) is 2.32. The van der Waals surface area contributed by atoms with Crippen LogP contribution in [-0.2, 0) is 16.1 Å². The third-order valence-corrected chi connectivity index (χ3v) is 8.45. The number of methoxy groups -OCH3 is 1. The molecule has 0 bridgehead atoms. The minimum atomic E-state index is -0.675. The normalized spacial score (nSPS) is 15.8. The van der Waals surface area contributed by atoms with Gasteiger partial charge in [0.2, 0.25) is 6.79 Å². The third kappa shape index (κ3) is 5.19. The van der Waals surface area contributed by atoms with Gasteiger partial charge in [-0.1, -0.05) is 77.9 Å². The maximum absolute atomic E-state index is 13.8. The minimum Gasteiger partial charge on any atom is -0.486 e. The lowest BCUT2D eigenvalue weighted by molar-refractivity contribution is -0.136. The number of ether oxygens (including phenoxy) is 4. The summed E-state index contributed by atoms with van der Waals surface area (Å²) in [6.07, 6.45) is 2.20. The van der Waals surface area contributed by atoms with Crippen molar-refractivity contribution in [3.8, 4) is 17.2 Å². The van der Waals surface area contributed by atoms with Gasteiger partial charge in [-0.05, 0) is 53.5 Å². The first kappa shape index (κ1) is 28.1. The van der Waals surface area contributed by atoms with Gasteiger partial charge in [-0.2, -0.15) is 0 Å². The smallest absolute Gasteiger partial charge is 0.338 e. The van der Waals surface area contributed by atoms with E-state index in [1.54, 1.807) is 22.8 Å². The monoisotopic (exact) mass is 622 g/mol. The number of carbonyl (C=O) groups excluding carboxylic acids is 1. The van der Waals surface area contributed by atoms with E-state index in [0.717, 1.165) is 11.1 Å². The van der Waals surface area contributed by atoms with Gasteiger partial charge < -0.3 is 18.9 Å². The molecule has 4 aromatic rings. The van der Waals surface area contributed by atoms with E-state index in [1.165, 1.54) is 18.4 Å². The van der Waals surface area contributed by atoms with Crippen LogP contribution in [0.5, 0.6) is 17.2 Å². The van der Waals surface area contributed by atoms with Crippen molar-refractivity contribution >= 4 is 46.6 Å². The zero-order valence-corrected chi connectivity index (χ0v) is 24.9. The van der Waals surface area contributed by atoms with Gasteiger partial charge in [-0.3, -0.25) is 9.36 Å². The Bertz CT molecular complexity index is 1890. The van der Waals surface area contributed by atoms with Crippen LogP contribution in [0.3, 0.4) is 0 Å². The predicted molar refractivity (Wildman–Crippen MR) is 160 cm³/mol. The molecule has 1 aromatic heterocycles. The Morgan fingerprint density at radius 2 is 1.83 bits per heavy atom. The number of halogens is 2. The minimum absolute atomic E-state index is 0.190. The molecule has 0 radical (unpaired) electrons. The number of thiazole rings is 1. The van der Waals surface area contributed by atoms with E-state index < -0.39 is 12.0 Å². The number of allylic oxidation sites excluding steroid dienone is 1. The standard InChI is InChI=1S/C31H24Cl2N2O6S/c1-3-22-26(30(37)38-2)27(19-7-5-4-6-8-19)35-29(36)25(42-31(35)34-22)14-18-11-20(32)28(21(33)12-18)39-15-17-9-10-23-24(13-17)41-16-40-23/h4-14,27H,3,15-16H2,1-2H3/b25-14-/t27-/m1/s1. The first-order chi connectivity index (χ1) is 20.4. The van der Waals surface area contributed by atoms with E-state index >= 15 is 0 Å². The van der Waals surface area contributed by atoms with E-state index in [0.29, 0.717) is 59.9 Å². The van der Waals surface area contributed by atoms with Crippen molar-refractivity contribution in [2.24, 2.45) is 4.99 Å². The first-order valence-corrected chi connectivity index (χ1v) is 14.6. The summed E-state index contributed by atoms with van der Waals surface area (Å²) < 4.78 is 23.8. The molecule has 0 N–H and O–H groups in total. The highest BCUT2D eigenvalue weighted by atomic mass is 35.5. The second-order valence-corrected chi connectivity index (χ2v) is 11.3. The van der Waals surface area contributed by atoms with Crippen LogP contribution < -0.4 is 29.1 Å². The third-order valence-electron chi connectivity index (χ3n) is 6.90. The number of rotatable bonds is 7. The summed E-state index contributed by atoms with van der Waals surface area (Å²) >= 11 is 14.4. The molecule has 0 fully saturated rings. The molecule has 8 nitrogen and oxygen atoms in total. The molecule has 0 saturated heterocycles. The van der Waals surface area contributed by atoms with Crippen molar-refractivity contribution in [3.05, 3.63) is 118 Å². The summed E-state index contributed by atoms with van der Waals surface area (Å²) in [7, 11) is 1.33. The van der Waals surface area contributed by atoms with Crippen LogP contribution in [0.15, 0.2) is 81.7 Å². The van der Waals surface area contributed by atoms with Crippen LogP contribution in [-0.4, -0.2) is 24.4 Å². The topological polar surface area (TPSA) is 88.4 Å². The molecule has 0 aliphatic carbocycles. The van der Waals surface area contributed by atoms with Crippen molar-refractivity contribution in [3.63, 3.8) is 0 Å². The first-order valence-electron chi connectivity index (χ1n) is 13.1. The van der Waals surface area contributed by atoms with Crippen LogP contribution in [0.4, 0.5) is 0 Å². The van der Waals surface area contributed by atoms with Crippen molar-refractivity contribution in [2.45, 2.75) is 26.0 Å². The molecular formula is C31H24Cl2N2O6S. The number of nitrogens with zero attached hydrogens (tertiary/aromatic N) is 2. The summed E-state index contributed by atoms with van der Waals surface area (Å²) in [5, 5.41) is 0.594. The van der Waals surface area contributed by atoms with E-state index in [2.05, 4.69) is 4.99 Å². The van der Waals surface area contributed by atoms with Crippen molar-refractivity contribution < 1.29 is 23.7 Å². The average Bonchev–Trinajstić information content (AvgIpc) is 3.59. The molecule has 11 heteroatoms. The van der Waals surface area contributed by atoms with Crippen LogP contribution in [0.25, 0.3) is 6.08 Å². The molecule has 0 saturated carbocycles. The number of aromatic nitrogens is 1. The highest BCUT2D eigenvalue weighted by Crippen LogP contribution is 2.37. The second kappa shape index (κ2) is 11.7. The number of esters is 1. The molecule has 0 spiro atoms. The van der Waals surface area contributed by atoms with Crippen LogP contribution >= 0.6 is 34.5 Å². The molecule has 3 aromatic carbocycles. The lowest BCUT2D eigenvalue weighted by Crippen LogP contribution is -2.40. The maximum atomic E-state index is 13.8. The molecule has 0 amide bonds. The van der Waals surface area contributed by atoms with E-state index in [-0.39, 0.29) is 19.0 Å². The summed E-state index contributed by atoms with van der Waals surface area (Å²) in [5.41, 5.74) is 2.90. The number of hydrogen-bond donors (Lipinski definition) is 0. The van der Waals surface area contributed by atoms with E-state index in [9.17, 15) is 9.59 Å². The van der Waals surface area contributed by atoms with Crippen LogP contribution in [0.1, 0.15) is 36.1 Å². The van der Waals surface area contributed by atoms with Crippen molar-refractivity contribution in [2.75, 3.05) is 13.9 Å². The summed E-state index contributed by atoms with van der Waals surface area (Å²) in [4.78, 5) is 31.9. The largest absolute Gasteiger partial charge is 0.486 e. The number of fused-ring (bicyclic) bond motifs is 2. The van der Waals surface area contributed by atoms with Gasteiger partial charge >= 0.3 is 5.97 Å². The van der Waals surface area contributed by atoms with Gasteiger partial charge in [-0.15, -0.1) is 0 Å². The average molecular weight is 624 g/mol.